The SMILES string of the molecule is C#CCn1c(=NC(=O)COc2ccc(F)cc2)sc2cc(OC)ccc21. The van der Waals surface area contributed by atoms with Gasteiger partial charge in [-0.15, -0.1) is 6.42 Å². The van der Waals surface area contributed by atoms with Gasteiger partial charge in [0.1, 0.15) is 17.3 Å². The van der Waals surface area contributed by atoms with Crippen molar-refractivity contribution >= 4 is 27.5 Å². The van der Waals surface area contributed by atoms with Gasteiger partial charge in [-0.25, -0.2) is 4.39 Å². The van der Waals surface area contributed by atoms with Crippen LogP contribution in [0.5, 0.6) is 11.5 Å². The fourth-order valence-electron chi connectivity index (χ4n) is 2.32. The van der Waals surface area contributed by atoms with Crippen LogP contribution in [0.1, 0.15) is 0 Å². The van der Waals surface area contributed by atoms with Gasteiger partial charge in [-0.05, 0) is 42.5 Å². The number of amides is 1. The van der Waals surface area contributed by atoms with Gasteiger partial charge >= 0.3 is 0 Å². The second kappa shape index (κ2) is 7.85. The number of benzene rings is 2. The van der Waals surface area contributed by atoms with Crippen LogP contribution in [0.15, 0.2) is 47.5 Å². The number of nitrogens with zero attached hydrogens (tertiary/aromatic N) is 2. The van der Waals surface area contributed by atoms with E-state index in [0.29, 0.717) is 16.3 Å². The largest absolute Gasteiger partial charge is 0.497 e. The number of thiazole rings is 1. The molecule has 0 fully saturated rings. The van der Waals surface area contributed by atoms with Crippen LogP contribution in [0.3, 0.4) is 0 Å². The van der Waals surface area contributed by atoms with Gasteiger partial charge in [0.2, 0.25) is 0 Å². The van der Waals surface area contributed by atoms with Crippen molar-refractivity contribution in [2.75, 3.05) is 13.7 Å². The van der Waals surface area contributed by atoms with E-state index in [0.717, 1.165) is 10.2 Å². The van der Waals surface area contributed by atoms with E-state index in [1.807, 2.05) is 18.2 Å². The molecule has 7 heteroatoms. The third-order valence-electron chi connectivity index (χ3n) is 3.54. The molecule has 3 aromatic rings. The number of hydrogen-bond donors (Lipinski definition) is 0. The van der Waals surface area contributed by atoms with Crippen LogP contribution in [0, 0.1) is 18.2 Å². The number of terminal acetylenes is 1. The Labute approximate surface area is 153 Å². The highest BCUT2D eigenvalue weighted by Gasteiger charge is 2.09. The van der Waals surface area contributed by atoms with Crippen molar-refractivity contribution in [3.63, 3.8) is 0 Å². The summed E-state index contributed by atoms with van der Waals surface area (Å²) in [5.41, 5.74) is 0.875. The maximum absolute atomic E-state index is 12.9. The van der Waals surface area contributed by atoms with Crippen molar-refractivity contribution < 1.29 is 18.7 Å². The zero-order valence-corrected chi connectivity index (χ0v) is 14.8. The number of ether oxygens (including phenoxy) is 2. The second-order valence-electron chi connectivity index (χ2n) is 5.26. The molecule has 1 aromatic heterocycles. The van der Waals surface area contributed by atoms with Gasteiger partial charge < -0.3 is 14.0 Å². The smallest absolute Gasteiger partial charge is 0.286 e. The van der Waals surface area contributed by atoms with E-state index in [4.69, 9.17) is 15.9 Å². The number of fused-ring (bicyclic) bond motifs is 1. The minimum atomic E-state index is -0.460. The third-order valence-corrected chi connectivity index (χ3v) is 4.58. The lowest BCUT2D eigenvalue weighted by atomic mass is 10.3. The van der Waals surface area contributed by atoms with Crippen molar-refractivity contribution in [3.05, 3.63) is 53.1 Å². The molecule has 0 unspecified atom stereocenters. The summed E-state index contributed by atoms with van der Waals surface area (Å²) in [6.07, 6.45) is 5.44. The van der Waals surface area contributed by atoms with Gasteiger partial charge in [0, 0.05) is 0 Å². The van der Waals surface area contributed by atoms with Gasteiger partial charge in [0.25, 0.3) is 5.91 Å². The molecule has 0 aliphatic heterocycles. The Morgan fingerprint density at radius 3 is 2.69 bits per heavy atom. The van der Waals surface area contributed by atoms with Crippen LogP contribution >= 0.6 is 11.3 Å². The number of halogens is 1. The fourth-order valence-corrected chi connectivity index (χ4v) is 3.40. The number of methoxy groups -OCH3 is 1. The monoisotopic (exact) mass is 370 g/mol. The number of hydrogen-bond acceptors (Lipinski definition) is 4. The van der Waals surface area contributed by atoms with Gasteiger partial charge in [0.05, 0.1) is 23.9 Å². The van der Waals surface area contributed by atoms with Gasteiger partial charge in [0.15, 0.2) is 11.4 Å². The summed E-state index contributed by atoms with van der Waals surface area (Å²) in [7, 11) is 1.59. The maximum Gasteiger partial charge on any atom is 0.286 e. The molecule has 0 aliphatic rings. The Bertz CT molecular complexity index is 1050. The van der Waals surface area contributed by atoms with Crippen LogP contribution in [0.2, 0.25) is 0 Å². The number of carbonyl (C=O) groups excluding carboxylic acids is 1. The molecule has 0 N–H and O–H groups in total. The van der Waals surface area contributed by atoms with Crippen molar-refractivity contribution in [2.24, 2.45) is 4.99 Å². The van der Waals surface area contributed by atoms with Crippen molar-refractivity contribution in [1.29, 1.82) is 0 Å². The van der Waals surface area contributed by atoms with E-state index in [1.165, 1.54) is 35.6 Å². The van der Waals surface area contributed by atoms with Crippen LogP contribution in [-0.4, -0.2) is 24.2 Å². The summed E-state index contributed by atoms with van der Waals surface area (Å²) in [6.45, 7) is 0.0382. The quantitative estimate of drug-likeness (QED) is 0.649. The van der Waals surface area contributed by atoms with Crippen LogP contribution < -0.4 is 14.3 Å². The zero-order chi connectivity index (χ0) is 18.5. The molecule has 0 saturated heterocycles. The molecule has 5 nitrogen and oxygen atoms in total. The Morgan fingerprint density at radius 1 is 1.27 bits per heavy atom. The first-order valence-corrected chi connectivity index (χ1v) is 8.49. The molecular formula is C19H15FN2O3S. The molecule has 1 amide bonds. The summed E-state index contributed by atoms with van der Waals surface area (Å²) in [4.78, 5) is 16.8. The Hall–Kier alpha value is -3.11. The lowest BCUT2D eigenvalue weighted by molar-refractivity contribution is -0.120. The summed E-state index contributed by atoms with van der Waals surface area (Å²) >= 11 is 1.34. The molecule has 0 saturated carbocycles. The van der Waals surface area contributed by atoms with Crippen molar-refractivity contribution in [2.45, 2.75) is 6.54 Å². The summed E-state index contributed by atoms with van der Waals surface area (Å²) in [6, 6.07) is 11.0. The topological polar surface area (TPSA) is 52.8 Å². The number of aromatic nitrogens is 1. The molecule has 0 bridgehead atoms. The minimum absolute atomic E-state index is 0.251. The van der Waals surface area contributed by atoms with E-state index in [-0.39, 0.29) is 19.0 Å². The summed E-state index contributed by atoms with van der Waals surface area (Å²) in [5, 5.41) is 0. The van der Waals surface area contributed by atoms with E-state index >= 15 is 0 Å². The van der Waals surface area contributed by atoms with E-state index in [1.54, 1.807) is 11.7 Å². The Kier molecular flexibility index (Phi) is 5.34. The highest BCUT2D eigenvalue weighted by atomic mass is 32.1. The summed E-state index contributed by atoms with van der Waals surface area (Å²) in [5.74, 6) is 2.85. The first-order valence-electron chi connectivity index (χ1n) is 7.67. The lowest BCUT2D eigenvalue weighted by Crippen LogP contribution is -2.19. The highest BCUT2D eigenvalue weighted by Crippen LogP contribution is 2.23. The third kappa shape index (κ3) is 3.92. The molecule has 2 aromatic carbocycles. The number of carbonyl (C=O) groups is 1. The summed E-state index contributed by atoms with van der Waals surface area (Å²) < 4.78 is 26.1. The van der Waals surface area contributed by atoms with Crippen LogP contribution in [0.4, 0.5) is 4.39 Å². The lowest BCUT2D eigenvalue weighted by Gasteiger charge is -2.03. The van der Waals surface area contributed by atoms with E-state index in [9.17, 15) is 9.18 Å². The highest BCUT2D eigenvalue weighted by molar-refractivity contribution is 7.16. The predicted octanol–water partition coefficient (Wildman–Crippen LogP) is 2.99. The predicted molar refractivity (Wildman–Crippen MR) is 97.7 cm³/mol. The van der Waals surface area contributed by atoms with E-state index < -0.39 is 5.91 Å². The van der Waals surface area contributed by atoms with E-state index in [2.05, 4.69) is 10.9 Å². The van der Waals surface area contributed by atoms with Crippen molar-refractivity contribution in [3.8, 4) is 23.8 Å². The normalized spacial score (nSPS) is 11.3. The molecule has 3 rings (SSSR count). The molecule has 0 spiro atoms. The Balaban J connectivity index is 1.87. The van der Waals surface area contributed by atoms with Crippen LogP contribution in [-0.2, 0) is 11.3 Å². The first-order chi connectivity index (χ1) is 12.6. The maximum atomic E-state index is 12.9. The molecule has 0 aliphatic carbocycles. The number of rotatable bonds is 5. The average molecular weight is 370 g/mol. The molecular weight excluding hydrogens is 355 g/mol. The van der Waals surface area contributed by atoms with Gasteiger partial charge in [-0.3, -0.25) is 4.79 Å². The zero-order valence-electron chi connectivity index (χ0n) is 13.9. The second-order valence-corrected chi connectivity index (χ2v) is 6.27. The standard InChI is InChI=1S/C19H15FN2O3S/c1-3-10-22-16-9-8-15(24-2)11-17(16)26-19(22)21-18(23)12-25-14-6-4-13(20)5-7-14/h1,4-9,11H,10,12H2,2H3. The molecule has 0 radical (unpaired) electrons. The Morgan fingerprint density at radius 2 is 2.00 bits per heavy atom. The molecule has 26 heavy (non-hydrogen) atoms. The van der Waals surface area contributed by atoms with Gasteiger partial charge in [-0.2, -0.15) is 4.99 Å². The molecule has 1 heterocycles. The molecule has 0 atom stereocenters. The molecule has 132 valence electrons. The van der Waals surface area contributed by atoms with Crippen LogP contribution in [0.25, 0.3) is 10.2 Å². The van der Waals surface area contributed by atoms with Gasteiger partial charge in [-0.1, -0.05) is 17.3 Å². The van der Waals surface area contributed by atoms with Crippen molar-refractivity contribution in [1.82, 2.24) is 4.57 Å². The average Bonchev–Trinajstić information content (AvgIpc) is 2.98. The minimum Gasteiger partial charge on any atom is -0.497 e. The first kappa shape index (κ1) is 17.7. The fraction of sp³-hybridized carbons (Fsp3) is 0.158.